The van der Waals surface area contributed by atoms with E-state index in [1.807, 2.05) is 0 Å². The third kappa shape index (κ3) is 5.38. The van der Waals surface area contributed by atoms with Gasteiger partial charge in [-0.1, -0.05) is 24.3 Å². The number of aryl methyl sites for hydroxylation is 1. The maximum absolute atomic E-state index is 12.2. The number of nitrogens with one attached hydrogen (secondary N) is 1. The predicted molar refractivity (Wildman–Crippen MR) is 109 cm³/mol. The Morgan fingerprint density at radius 1 is 1.11 bits per heavy atom. The molecular weight excluding hydrogens is 360 g/mol. The molecule has 3 N–H and O–H groups in total. The van der Waals surface area contributed by atoms with Crippen molar-refractivity contribution in [2.75, 3.05) is 38.0 Å². The molecule has 0 unspecified atom stereocenters. The monoisotopic (exact) mass is 386 g/mol. The number of hydrogen-bond acceptors (Lipinski definition) is 5. The van der Waals surface area contributed by atoms with Crippen molar-refractivity contribution in [2.45, 2.75) is 19.9 Å². The number of benzene rings is 1. The fraction of sp³-hybridized carbons (Fsp3) is 0.400. The summed E-state index contributed by atoms with van der Waals surface area (Å²) in [7, 11) is 0. The third-order valence-electron chi connectivity index (χ3n) is 4.96. The molecule has 144 valence electrons. The number of piperazine rings is 1. The largest absolute Gasteiger partial charge is 0.366 e. The van der Waals surface area contributed by atoms with Gasteiger partial charge in [0, 0.05) is 45.7 Å². The van der Waals surface area contributed by atoms with Gasteiger partial charge in [-0.3, -0.25) is 14.5 Å². The van der Waals surface area contributed by atoms with Crippen molar-refractivity contribution in [2.24, 2.45) is 5.73 Å². The van der Waals surface area contributed by atoms with Crippen LogP contribution in [0.15, 0.2) is 35.7 Å². The lowest BCUT2D eigenvalue weighted by Crippen LogP contribution is -2.46. The highest BCUT2D eigenvalue weighted by Gasteiger charge is 2.19. The molecule has 2 aromatic rings. The molecule has 1 aromatic carbocycles. The minimum Gasteiger partial charge on any atom is -0.366 e. The van der Waals surface area contributed by atoms with Gasteiger partial charge >= 0.3 is 0 Å². The number of thiophene rings is 1. The molecule has 3 rings (SSSR count). The first-order chi connectivity index (χ1) is 13.0. The first kappa shape index (κ1) is 19.5. The number of nitrogens with zero attached hydrogens (tertiary/aromatic N) is 2. The lowest BCUT2D eigenvalue weighted by atomic mass is 10.1. The first-order valence-corrected chi connectivity index (χ1v) is 10.1. The van der Waals surface area contributed by atoms with E-state index in [1.165, 1.54) is 22.5 Å². The zero-order valence-corrected chi connectivity index (χ0v) is 16.4. The van der Waals surface area contributed by atoms with E-state index in [9.17, 15) is 9.59 Å². The van der Waals surface area contributed by atoms with Gasteiger partial charge in [-0.2, -0.15) is 0 Å². The molecule has 2 heterocycles. The summed E-state index contributed by atoms with van der Waals surface area (Å²) in [5, 5.41) is 5.09. The van der Waals surface area contributed by atoms with Crippen molar-refractivity contribution in [1.29, 1.82) is 0 Å². The van der Waals surface area contributed by atoms with E-state index in [-0.39, 0.29) is 5.91 Å². The van der Waals surface area contributed by atoms with E-state index in [2.05, 4.69) is 46.3 Å². The van der Waals surface area contributed by atoms with Crippen LogP contribution in [0.2, 0.25) is 0 Å². The molecule has 1 saturated heterocycles. The summed E-state index contributed by atoms with van der Waals surface area (Å²) in [5.41, 5.74) is 8.39. The van der Waals surface area contributed by atoms with Gasteiger partial charge < -0.3 is 16.0 Å². The number of nitrogens with two attached hydrogens (primary N) is 1. The Hall–Kier alpha value is -2.22. The van der Waals surface area contributed by atoms with Gasteiger partial charge in [0.2, 0.25) is 5.91 Å². The first-order valence-electron chi connectivity index (χ1n) is 9.19. The summed E-state index contributed by atoms with van der Waals surface area (Å²) >= 11 is 1.32. The SMILES string of the molecule is Cc1ccccc1CN1CCN(CCC(=O)Nc2sccc2C(N)=O)CC1. The lowest BCUT2D eigenvalue weighted by molar-refractivity contribution is -0.116. The van der Waals surface area contributed by atoms with E-state index in [0.29, 0.717) is 17.0 Å². The average Bonchev–Trinajstić information content (AvgIpc) is 3.11. The summed E-state index contributed by atoms with van der Waals surface area (Å²) in [5.74, 6) is -0.599. The molecular formula is C20H26N4O2S. The van der Waals surface area contributed by atoms with E-state index < -0.39 is 5.91 Å². The smallest absolute Gasteiger partial charge is 0.251 e. The number of carbonyl (C=O) groups is 2. The quantitative estimate of drug-likeness (QED) is 0.765. The van der Waals surface area contributed by atoms with Crippen LogP contribution in [-0.4, -0.2) is 54.3 Å². The van der Waals surface area contributed by atoms with Gasteiger partial charge in [-0.15, -0.1) is 11.3 Å². The van der Waals surface area contributed by atoms with E-state index in [1.54, 1.807) is 11.4 Å². The van der Waals surface area contributed by atoms with Gasteiger partial charge in [0.15, 0.2) is 0 Å². The summed E-state index contributed by atoms with van der Waals surface area (Å²) in [6.45, 7) is 7.80. The van der Waals surface area contributed by atoms with E-state index in [4.69, 9.17) is 5.73 Å². The average molecular weight is 387 g/mol. The Balaban J connectivity index is 1.40. The van der Waals surface area contributed by atoms with Crippen LogP contribution in [0.1, 0.15) is 27.9 Å². The van der Waals surface area contributed by atoms with Gasteiger partial charge in [0.25, 0.3) is 5.91 Å². The standard InChI is InChI=1S/C20H26N4O2S/c1-15-4-2-3-5-16(15)14-24-11-9-23(10-12-24)8-6-18(25)22-20-17(19(21)26)7-13-27-20/h2-5,7,13H,6,8-12,14H2,1H3,(H2,21,26)(H,22,25). The molecule has 0 atom stereocenters. The summed E-state index contributed by atoms with van der Waals surface area (Å²) in [6.07, 6.45) is 0.411. The zero-order chi connectivity index (χ0) is 19.2. The van der Waals surface area contributed by atoms with Gasteiger partial charge in [-0.25, -0.2) is 0 Å². The van der Waals surface area contributed by atoms with Crippen molar-refractivity contribution in [3.63, 3.8) is 0 Å². The maximum atomic E-state index is 12.2. The number of rotatable bonds is 7. The Bertz CT molecular complexity index is 797. The van der Waals surface area contributed by atoms with Crippen LogP contribution in [0.4, 0.5) is 5.00 Å². The third-order valence-corrected chi connectivity index (χ3v) is 5.79. The highest BCUT2D eigenvalue weighted by Crippen LogP contribution is 2.22. The summed E-state index contributed by atoms with van der Waals surface area (Å²) in [4.78, 5) is 28.3. The topological polar surface area (TPSA) is 78.7 Å². The molecule has 0 bridgehead atoms. The Morgan fingerprint density at radius 3 is 2.52 bits per heavy atom. The number of amides is 2. The van der Waals surface area contributed by atoms with Crippen molar-refractivity contribution in [3.8, 4) is 0 Å². The van der Waals surface area contributed by atoms with E-state index in [0.717, 1.165) is 39.3 Å². The molecule has 1 aliphatic heterocycles. The second-order valence-electron chi connectivity index (χ2n) is 6.87. The van der Waals surface area contributed by atoms with Crippen molar-refractivity contribution >= 4 is 28.2 Å². The minimum absolute atomic E-state index is 0.0812. The van der Waals surface area contributed by atoms with Crippen LogP contribution in [0.25, 0.3) is 0 Å². The van der Waals surface area contributed by atoms with E-state index >= 15 is 0 Å². The molecule has 1 aromatic heterocycles. The van der Waals surface area contributed by atoms with Gasteiger partial charge in [0.1, 0.15) is 5.00 Å². The van der Waals surface area contributed by atoms with Gasteiger partial charge in [-0.05, 0) is 29.5 Å². The molecule has 1 aliphatic rings. The van der Waals surface area contributed by atoms with Gasteiger partial charge in [0.05, 0.1) is 5.56 Å². The van der Waals surface area contributed by atoms with Crippen molar-refractivity contribution < 1.29 is 9.59 Å². The molecule has 27 heavy (non-hydrogen) atoms. The highest BCUT2D eigenvalue weighted by atomic mass is 32.1. The molecule has 7 heteroatoms. The molecule has 0 radical (unpaired) electrons. The number of anilines is 1. The Labute approximate surface area is 164 Å². The van der Waals surface area contributed by atoms with Crippen LogP contribution in [-0.2, 0) is 11.3 Å². The number of carbonyl (C=O) groups excluding carboxylic acids is 2. The van der Waals surface area contributed by atoms with Crippen molar-refractivity contribution in [1.82, 2.24) is 9.80 Å². The Kier molecular flexibility index (Phi) is 6.60. The summed E-state index contributed by atoms with van der Waals surface area (Å²) in [6, 6.07) is 10.1. The lowest BCUT2D eigenvalue weighted by Gasteiger charge is -2.34. The maximum Gasteiger partial charge on any atom is 0.251 e. The highest BCUT2D eigenvalue weighted by molar-refractivity contribution is 7.14. The molecule has 6 nitrogen and oxygen atoms in total. The van der Waals surface area contributed by atoms with Crippen LogP contribution >= 0.6 is 11.3 Å². The second-order valence-corrected chi connectivity index (χ2v) is 7.79. The van der Waals surface area contributed by atoms with Crippen LogP contribution in [0, 0.1) is 6.92 Å². The molecule has 0 saturated carbocycles. The zero-order valence-electron chi connectivity index (χ0n) is 15.6. The van der Waals surface area contributed by atoms with Crippen LogP contribution in [0.5, 0.6) is 0 Å². The second kappa shape index (κ2) is 9.12. The fourth-order valence-electron chi connectivity index (χ4n) is 3.25. The van der Waals surface area contributed by atoms with Crippen molar-refractivity contribution in [3.05, 3.63) is 52.4 Å². The molecule has 2 amide bonds. The van der Waals surface area contributed by atoms with Crippen LogP contribution in [0.3, 0.4) is 0 Å². The fourth-order valence-corrected chi connectivity index (χ4v) is 4.06. The molecule has 0 aliphatic carbocycles. The number of primary amides is 1. The molecule has 0 spiro atoms. The van der Waals surface area contributed by atoms with Crippen LogP contribution < -0.4 is 11.1 Å². The Morgan fingerprint density at radius 2 is 1.81 bits per heavy atom. The normalized spacial score (nSPS) is 15.6. The minimum atomic E-state index is -0.517. The molecule has 1 fully saturated rings. The predicted octanol–water partition coefficient (Wildman–Crippen LogP) is 2.30. The summed E-state index contributed by atoms with van der Waals surface area (Å²) < 4.78 is 0. The number of hydrogen-bond donors (Lipinski definition) is 2.